The average molecular weight is 224 g/mol. The van der Waals surface area contributed by atoms with E-state index in [1.165, 1.54) is 6.07 Å². The van der Waals surface area contributed by atoms with Crippen molar-refractivity contribution >= 4 is 5.97 Å². The molecule has 1 aromatic carbocycles. The number of carboxylic acid groups (broad SMARTS) is 1. The zero-order chi connectivity index (χ0) is 11.5. The van der Waals surface area contributed by atoms with Gasteiger partial charge >= 0.3 is 5.97 Å². The SMILES string of the molecule is O=C(O)CCCc1c(F)ccc2c1OCC2. The van der Waals surface area contributed by atoms with Crippen molar-refractivity contribution in [3.63, 3.8) is 0 Å². The summed E-state index contributed by atoms with van der Waals surface area (Å²) in [5, 5.41) is 8.53. The molecule has 1 aliphatic rings. The Morgan fingerprint density at radius 3 is 3.06 bits per heavy atom. The molecule has 0 radical (unpaired) electrons. The summed E-state index contributed by atoms with van der Waals surface area (Å²) in [7, 11) is 0. The van der Waals surface area contributed by atoms with Crippen LogP contribution in [0.3, 0.4) is 0 Å². The smallest absolute Gasteiger partial charge is 0.303 e. The van der Waals surface area contributed by atoms with Crippen molar-refractivity contribution < 1.29 is 19.0 Å². The Kier molecular flexibility index (Phi) is 3.08. The normalized spacial score (nSPS) is 13.3. The number of rotatable bonds is 4. The van der Waals surface area contributed by atoms with Gasteiger partial charge in [-0.15, -0.1) is 0 Å². The molecule has 86 valence electrons. The summed E-state index contributed by atoms with van der Waals surface area (Å²) in [5.41, 5.74) is 1.54. The zero-order valence-corrected chi connectivity index (χ0v) is 8.83. The van der Waals surface area contributed by atoms with E-state index in [0.717, 1.165) is 12.0 Å². The molecule has 0 aromatic heterocycles. The number of aliphatic carboxylic acids is 1. The van der Waals surface area contributed by atoms with Gasteiger partial charge < -0.3 is 9.84 Å². The maximum atomic E-state index is 13.5. The van der Waals surface area contributed by atoms with Crippen LogP contribution >= 0.6 is 0 Å². The molecule has 4 heteroatoms. The first-order valence-corrected chi connectivity index (χ1v) is 5.33. The van der Waals surface area contributed by atoms with Gasteiger partial charge in [-0.05, 0) is 24.5 Å². The highest BCUT2D eigenvalue weighted by Gasteiger charge is 2.19. The monoisotopic (exact) mass is 224 g/mol. The van der Waals surface area contributed by atoms with Gasteiger partial charge in [-0.2, -0.15) is 0 Å². The Bertz CT molecular complexity index is 415. The molecule has 1 heterocycles. The first kappa shape index (κ1) is 10.9. The van der Waals surface area contributed by atoms with Crippen LogP contribution in [0.15, 0.2) is 12.1 Å². The van der Waals surface area contributed by atoms with Crippen molar-refractivity contribution in [2.24, 2.45) is 0 Å². The summed E-state index contributed by atoms with van der Waals surface area (Å²) in [6.45, 7) is 0.588. The minimum Gasteiger partial charge on any atom is -0.493 e. The molecule has 0 amide bonds. The molecule has 0 saturated heterocycles. The molecule has 0 fully saturated rings. The highest BCUT2D eigenvalue weighted by molar-refractivity contribution is 5.66. The van der Waals surface area contributed by atoms with Crippen LogP contribution in [0.25, 0.3) is 0 Å². The minimum absolute atomic E-state index is 0.0586. The van der Waals surface area contributed by atoms with E-state index in [1.54, 1.807) is 6.07 Å². The van der Waals surface area contributed by atoms with Crippen molar-refractivity contribution in [1.29, 1.82) is 0 Å². The standard InChI is InChI=1S/C12H13FO3/c13-10-5-4-8-6-7-16-12(8)9(10)2-1-3-11(14)15/h4-5H,1-3,6-7H2,(H,14,15). The summed E-state index contributed by atoms with van der Waals surface area (Å²) in [4.78, 5) is 10.4. The Labute approximate surface area is 92.9 Å². The maximum absolute atomic E-state index is 13.5. The number of hydrogen-bond donors (Lipinski definition) is 1. The predicted molar refractivity (Wildman–Crippen MR) is 56.2 cm³/mol. The fourth-order valence-corrected chi connectivity index (χ4v) is 1.94. The van der Waals surface area contributed by atoms with Gasteiger partial charge in [0.15, 0.2) is 0 Å². The van der Waals surface area contributed by atoms with Crippen LogP contribution in [0.1, 0.15) is 24.0 Å². The average Bonchev–Trinajstić information content (AvgIpc) is 2.69. The zero-order valence-electron chi connectivity index (χ0n) is 8.83. The third-order valence-electron chi connectivity index (χ3n) is 2.72. The third kappa shape index (κ3) is 2.15. The van der Waals surface area contributed by atoms with E-state index >= 15 is 0 Å². The number of carbonyl (C=O) groups is 1. The van der Waals surface area contributed by atoms with Gasteiger partial charge in [-0.25, -0.2) is 4.39 Å². The van der Waals surface area contributed by atoms with Gasteiger partial charge in [0.1, 0.15) is 11.6 Å². The summed E-state index contributed by atoms with van der Waals surface area (Å²) in [5.74, 6) is -0.523. The Morgan fingerprint density at radius 1 is 1.50 bits per heavy atom. The van der Waals surface area contributed by atoms with E-state index in [4.69, 9.17) is 9.84 Å². The molecule has 0 atom stereocenters. The number of ether oxygens (including phenoxy) is 1. The molecule has 0 bridgehead atoms. The van der Waals surface area contributed by atoms with Crippen LogP contribution in [0, 0.1) is 5.82 Å². The lowest BCUT2D eigenvalue weighted by molar-refractivity contribution is -0.137. The Morgan fingerprint density at radius 2 is 2.31 bits per heavy atom. The Hall–Kier alpha value is -1.58. The number of benzene rings is 1. The van der Waals surface area contributed by atoms with Crippen LogP contribution in [0.5, 0.6) is 5.75 Å². The second kappa shape index (κ2) is 4.51. The molecule has 1 N–H and O–H groups in total. The van der Waals surface area contributed by atoms with E-state index in [1.807, 2.05) is 0 Å². The molecule has 0 aliphatic carbocycles. The van der Waals surface area contributed by atoms with Crippen molar-refractivity contribution in [2.75, 3.05) is 6.61 Å². The lowest BCUT2D eigenvalue weighted by Gasteiger charge is -2.08. The van der Waals surface area contributed by atoms with E-state index in [0.29, 0.717) is 30.8 Å². The van der Waals surface area contributed by atoms with Crippen LogP contribution in [0.2, 0.25) is 0 Å². The first-order chi connectivity index (χ1) is 7.68. The molecule has 0 saturated carbocycles. The van der Waals surface area contributed by atoms with E-state index in [2.05, 4.69) is 0 Å². The fraction of sp³-hybridized carbons (Fsp3) is 0.417. The maximum Gasteiger partial charge on any atom is 0.303 e. The number of hydrogen-bond acceptors (Lipinski definition) is 2. The molecular formula is C12H13FO3. The Balaban J connectivity index is 2.13. The minimum atomic E-state index is -0.853. The van der Waals surface area contributed by atoms with Gasteiger partial charge in [0.05, 0.1) is 6.61 Å². The van der Waals surface area contributed by atoms with Gasteiger partial charge in [0.25, 0.3) is 0 Å². The highest BCUT2D eigenvalue weighted by Crippen LogP contribution is 2.32. The third-order valence-corrected chi connectivity index (χ3v) is 2.72. The van der Waals surface area contributed by atoms with Gasteiger partial charge in [0.2, 0.25) is 0 Å². The second-order valence-corrected chi connectivity index (χ2v) is 3.86. The van der Waals surface area contributed by atoms with E-state index in [9.17, 15) is 9.18 Å². The molecule has 0 spiro atoms. The van der Waals surface area contributed by atoms with Crippen molar-refractivity contribution in [3.8, 4) is 5.75 Å². The molecule has 1 aliphatic heterocycles. The van der Waals surface area contributed by atoms with E-state index < -0.39 is 5.97 Å². The van der Waals surface area contributed by atoms with Gasteiger partial charge in [-0.1, -0.05) is 6.07 Å². The molecule has 16 heavy (non-hydrogen) atoms. The quantitative estimate of drug-likeness (QED) is 0.852. The molecule has 1 aromatic rings. The van der Waals surface area contributed by atoms with Gasteiger partial charge in [-0.3, -0.25) is 4.79 Å². The second-order valence-electron chi connectivity index (χ2n) is 3.86. The van der Waals surface area contributed by atoms with Gasteiger partial charge in [0, 0.05) is 18.4 Å². The number of carboxylic acids is 1. The molecular weight excluding hydrogens is 211 g/mol. The molecule has 0 unspecified atom stereocenters. The lowest BCUT2D eigenvalue weighted by Crippen LogP contribution is -1.99. The summed E-state index contributed by atoms with van der Waals surface area (Å²) >= 11 is 0. The molecule has 3 nitrogen and oxygen atoms in total. The van der Waals surface area contributed by atoms with Crippen LogP contribution < -0.4 is 4.74 Å². The fourth-order valence-electron chi connectivity index (χ4n) is 1.94. The number of fused-ring (bicyclic) bond motifs is 1. The largest absolute Gasteiger partial charge is 0.493 e. The highest BCUT2D eigenvalue weighted by atomic mass is 19.1. The summed E-state index contributed by atoms with van der Waals surface area (Å²) < 4.78 is 18.9. The first-order valence-electron chi connectivity index (χ1n) is 5.33. The van der Waals surface area contributed by atoms with Crippen LogP contribution in [-0.4, -0.2) is 17.7 Å². The summed E-state index contributed by atoms with van der Waals surface area (Å²) in [6.07, 6.45) is 1.72. The summed E-state index contributed by atoms with van der Waals surface area (Å²) in [6, 6.07) is 3.17. The van der Waals surface area contributed by atoms with Crippen LogP contribution in [0.4, 0.5) is 4.39 Å². The number of halogens is 1. The van der Waals surface area contributed by atoms with Crippen molar-refractivity contribution in [1.82, 2.24) is 0 Å². The van der Waals surface area contributed by atoms with Crippen molar-refractivity contribution in [3.05, 3.63) is 29.1 Å². The van der Waals surface area contributed by atoms with Crippen molar-refractivity contribution in [2.45, 2.75) is 25.7 Å². The van der Waals surface area contributed by atoms with Crippen LogP contribution in [-0.2, 0) is 17.6 Å². The van der Waals surface area contributed by atoms with E-state index in [-0.39, 0.29) is 12.2 Å². The topological polar surface area (TPSA) is 46.5 Å². The predicted octanol–water partition coefficient (Wildman–Crippen LogP) is 2.17. The molecule has 2 rings (SSSR count). The lowest BCUT2D eigenvalue weighted by atomic mass is 10.0.